The van der Waals surface area contributed by atoms with Crippen molar-refractivity contribution in [3.05, 3.63) is 42.0 Å². The van der Waals surface area contributed by atoms with Gasteiger partial charge in [0, 0.05) is 0 Å². The number of hydrogen-bond acceptors (Lipinski definition) is 2. The predicted molar refractivity (Wildman–Crippen MR) is 113 cm³/mol. The molecule has 0 amide bonds. The lowest BCUT2D eigenvalue weighted by atomic mass is 9.70. The van der Waals surface area contributed by atoms with Crippen LogP contribution in [-0.2, 0) is 10.2 Å². The largest absolute Gasteiger partial charge is 0.426 e. The van der Waals surface area contributed by atoms with Crippen molar-refractivity contribution in [3.8, 4) is 5.75 Å². The molecular formula is C25H34O2. The summed E-state index contributed by atoms with van der Waals surface area (Å²) in [5.74, 6) is 1.35. The number of esters is 1. The van der Waals surface area contributed by atoms with E-state index >= 15 is 0 Å². The lowest BCUT2D eigenvalue weighted by molar-refractivity contribution is -0.140. The number of hydrogen-bond donors (Lipinski definition) is 0. The van der Waals surface area contributed by atoms with Crippen molar-refractivity contribution in [2.75, 3.05) is 0 Å². The molecule has 1 aliphatic rings. The molecule has 0 bridgehead atoms. The van der Waals surface area contributed by atoms with Crippen molar-refractivity contribution in [2.45, 2.75) is 72.6 Å². The SMILES string of the molecule is CC(C)(C)c1ccc2cc(OC(=O)C3CCC(C(C)(C)C)CC3)ccc2c1. The zero-order chi connectivity index (χ0) is 19.8. The first-order valence-corrected chi connectivity index (χ1v) is 10.3. The van der Waals surface area contributed by atoms with Gasteiger partial charge in [-0.05, 0) is 70.9 Å². The maximum atomic E-state index is 12.6. The molecule has 0 N–H and O–H groups in total. The first kappa shape index (κ1) is 19.9. The average molecular weight is 367 g/mol. The highest BCUT2D eigenvalue weighted by Gasteiger charge is 2.33. The van der Waals surface area contributed by atoms with Crippen LogP contribution in [0.5, 0.6) is 5.75 Å². The molecule has 0 aliphatic heterocycles. The van der Waals surface area contributed by atoms with Gasteiger partial charge in [-0.2, -0.15) is 0 Å². The summed E-state index contributed by atoms with van der Waals surface area (Å²) in [4.78, 5) is 12.6. The van der Waals surface area contributed by atoms with Gasteiger partial charge in [-0.25, -0.2) is 0 Å². The second-order valence-corrected chi connectivity index (χ2v) is 10.3. The summed E-state index contributed by atoms with van der Waals surface area (Å²) in [6.45, 7) is 13.6. The van der Waals surface area contributed by atoms with Gasteiger partial charge in [0.05, 0.1) is 5.92 Å². The number of ether oxygens (including phenoxy) is 1. The van der Waals surface area contributed by atoms with Gasteiger partial charge in [0.1, 0.15) is 5.75 Å². The molecule has 27 heavy (non-hydrogen) atoms. The predicted octanol–water partition coefficient (Wildman–Crippen LogP) is 6.90. The van der Waals surface area contributed by atoms with E-state index in [9.17, 15) is 4.79 Å². The van der Waals surface area contributed by atoms with Crippen molar-refractivity contribution < 1.29 is 9.53 Å². The van der Waals surface area contributed by atoms with Crippen LogP contribution in [0.15, 0.2) is 36.4 Å². The summed E-state index contributed by atoms with van der Waals surface area (Å²) >= 11 is 0. The van der Waals surface area contributed by atoms with Gasteiger partial charge < -0.3 is 4.74 Å². The molecule has 0 aromatic heterocycles. The molecule has 0 saturated heterocycles. The summed E-state index contributed by atoms with van der Waals surface area (Å²) in [6.07, 6.45) is 4.14. The summed E-state index contributed by atoms with van der Waals surface area (Å²) in [5, 5.41) is 2.30. The molecule has 0 unspecified atom stereocenters. The van der Waals surface area contributed by atoms with Gasteiger partial charge in [0.2, 0.25) is 0 Å². The van der Waals surface area contributed by atoms with Crippen LogP contribution >= 0.6 is 0 Å². The van der Waals surface area contributed by atoms with Crippen LogP contribution in [0.3, 0.4) is 0 Å². The fourth-order valence-electron chi connectivity index (χ4n) is 4.15. The molecule has 2 heteroatoms. The van der Waals surface area contributed by atoms with Crippen molar-refractivity contribution in [3.63, 3.8) is 0 Å². The van der Waals surface area contributed by atoms with E-state index < -0.39 is 0 Å². The van der Waals surface area contributed by atoms with Gasteiger partial charge in [0.25, 0.3) is 0 Å². The Kier molecular flexibility index (Phi) is 5.38. The van der Waals surface area contributed by atoms with Crippen LogP contribution in [0.1, 0.15) is 72.8 Å². The molecule has 2 aromatic carbocycles. The summed E-state index contributed by atoms with van der Waals surface area (Å²) in [5.41, 5.74) is 1.78. The second-order valence-electron chi connectivity index (χ2n) is 10.3. The minimum atomic E-state index is -0.0620. The summed E-state index contributed by atoms with van der Waals surface area (Å²) in [7, 11) is 0. The van der Waals surface area contributed by atoms with Gasteiger partial charge in [0.15, 0.2) is 0 Å². The molecule has 2 nitrogen and oxygen atoms in total. The highest BCUT2D eigenvalue weighted by molar-refractivity contribution is 5.86. The number of carbonyl (C=O) groups is 1. The number of carbonyl (C=O) groups excluding carboxylic acids is 1. The number of fused-ring (bicyclic) bond motifs is 1. The third kappa shape index (κ3) is 4.72. The van der Waals surface area contributed by atoms with Crippen LogP contribution < -0.4 is 4.74 Å². The third-order valence-corrected chi connectivity index (χ3v) is 6.18. The fourth-order valence-corrected chi connectivity index (χ4v) is 4.15. The lowest BCUT2D eigenvalue weighted by Gasteiger charge is -2.36. The Hall–Kier alpha value is -1.83. The molecule has 3 rings (SSSR count). The maximum Gasteiger partial charge on any atom is 0.314 e. The Labute approximate surface area is 164 Å². The minimum absolute atomic E-state index is 0.0440. The number of rotatable bonds is 2. The van der Waals surface area contributed by atoms with Crippen molar-refractivity contribution in [1.29, 1.82) is 0 Å². The van der Waals surface area contributed by atoms with Gasteiger partial charge in [-0.15, -0.1) is 0 Å². The molecule has 146 valence electrons. The Morgan fingerprint density at radius 3 is 2.04 bits per heavy atom. The van der Waals surface area contributed by atoms with Gasteiger partial charge in [-0.3, -0.25) is 4.79 Å². The van der Waals surface area contributed by atoms with E-state index in [0.29, 0.717) is 17.1 Å². The Morgan fingerprint density at radius 1 is 0.852 bits per heavy atom. The van der Waals surface area contributed by atoms with E-state index in [1.807, 2.05) is 12.1 Å². The molecule has 1 fully saturated rings. The summed E-state index contributed by atoms with van der Waals surface area (Å²) in [6, 6.07) is 12.5. The zero-order valence-electron chi connectivity index (χ0n) is 17.8. The van der Waals surface area contributed by atoms with Gasteiger partial charge >= 0.3 is 5.97 Å². The highest BCUT2D eigenvalue weighted by Crippen LogP contribution is 2.40. The molecule has 0 radical (unpaired) electrons. The normalized spacial score (nSPS) is 21.3. The smallest absolute Gasteiger partial charge is 0.314 e. The molecular weight excluding hydrogens is 332 g/mol. The average Bonchev–Trinajstić information content (AvgIpc) is 2.59. The molecule has 0 heterocycles. The fraction of sp³-hybridized carbons (Fsp3) is 0.560. The van der Waals surface area contributed by atoms with E-state index in [1.54, 1.807) is 0 Å². The van der Waals surface area contributed by atoms with Crippen LogP contribution in [0.2, 0.25) is 0 Å². The maximum absolute atomic E-state index is 12.6. The standard InChI is InChI=1S/C25H34O2/c1-24(2,3)20-11-7-17(8-12-20)23(26)27-22-14-10-18-15-21(25(4,5)6)13-9-19(18)16-22/h9-10,13-17,20H,7-8,11-12H2,1-6H3. The highest BCUT2D eigenvalue weighted by atomic mass is 16.5. The second kappa shape index (κ2) is 7.30. The molecule has 1 saturated carbocycles. The Morgan fingerprint density at radius 2 is 1.44 bits per heavy atom. The third-order valence-electron chi connectivity index (χ3n) is 6.18. The first-order chi connectivity index (χ1) is 12.5. The van der Waals surface area contributed by atoms with E-state index in [1.165, 1.54) is 10.9 Å². The molecule has 1 aliphatic carbocycles. The van der Waals surface area contributed by atoms with E-state index in [0.717, 1.165) is 31.1 Å². The molecule has 0 spiro atoms. The van der Waals surface area contributed by atoms with Crippen molar-refractivity contribution in [1.82, 2.24) is 0 Å². The molecule has 0 atom stereocenters. The lowest BCUT2D eigenvalue weighted by Crippen LogP contribution is -2.30. The van der Waals surface area contributed by atoms with Crippen LogP contribution in [0.4, 0.5) is 0 Å². The van der Waals surface area contributed by atoms with Crippen LogP contribution in [0.25, 0.3) is 10.8 Å². The number of benzene rings is 2. The Balaban J connectivity index is 1.67. The zero-order valence-corrected chi connectivity index (χ0v) is 17.8. The summed E-state index contributed by atoms with van der Waals surface area (Å²) < 4.78 is 5.74. The minimum Gasteiger partial charge on any atom is -0.426 e. The first-order valence-electron chi connectivity index (χ1n) is 10.3. The van der Waals surface area contributed by atoms with E-state index in [4.69, 9.17) is 4.74 Å². The van der Waals surface area contributed by atoms with E-state index in [-0.39, 0.29) is 17.3 Å². The van der Waals surface area contributed by atoms with Crippen molar-refractivity contribution in [2.24, 2.45) is 17.3 Å². The quantitative estimate of drug-likeness (QED) is 0.427. The van der Waals surface area contributed by atoms with Crippen molar-refractivity contribution >= 4 is 16.7 Å². The topological polar surface area (TPSA) is 26.3 Å². The Bertz CT molecular complexity index is 812. The monoisotopic (exact) mass is 366 g/mol. The van der Waals surface area contributed by atoms with E-state index in [2.05, 4.69) is 65.8 Å². The van der Waals surface area contributed by atoms with Gasteiger partial charge in [-0.1, -0.05) is 65.8 Å². The van der Waals surface area contributed by atoms with Crippen LogP contribution in [0, 0.1) is 17.3 Å². The molecule has 2 aromatic rings. The van der Waals surface area contributed by atoms with Crippen LogP contribution in [-0.4, -0.2) is 5.97 Å².